The number of ether oxygens (including phenoxy) is 11. The van der Waals surface area contributed by atoms with Crippen LogP contribution in [0.2, 0.25) is 0 Å². The smallest absolute Gasteiger partial charge is 0.305 e. The van der Waals surface area contributed by atoms with Gasteiger partial charge in [-0.05, 0) is 0 Å². The van der Waals surface area contributed by atoms with Gasteiger partial charge in [0.15, 0.2) is 30.7 Å². The fourth-order valence-corrected chi connectivity index (χ4v) is 4.73. The second kappa shape index (κ2) is 17.5. The monoisotopic (exact) mass is 678 g/mol. The molecular weight excluding hydrogens is 640 g/mol. The summed E-state index contributed by atoms with van der Waals surface area (Å²) < 4.78 is 60.2. The van der Waals surface area contributed by atoms with Crippen LogP contribution in [0.25, 0.3) is 0 Å². The van der Waals surface area contributed by atoms with Crippen LogP contribution in [0.1, 0.15) is 55.4 Å². The molecule has 10 atom stereocenters. The average molecular weight is 679 g/mol. The predicted octanol–water partition coefficient (Wildman–Crippen LogP) is -0.831. The summed E-state index contributed by atoms with van der Waals surface area (Å²) in [4.78, 5) is 96.3. The molecule has 0 radical (unpaired) electrons. The van der Waals surface area contributed by atoms with E-state index in [2.05, 4.69) is 0 Å². The van der Waals surface area contributed by atoms with Crippen molar-refractivity contribution in [2.75, 3.05) is 13.2 Å². The van der Waals surface area contributed by atoms with Crippen LogP contribution in [-0.4, -0.2) is 122 Å². The molecule has 264 valence electrons. The Hall–Kier alpha value is -4.36. The largest absolute Gasteiger partial charge is 0.463 e. The SMILES string of the molecule is CC(=O)OC[C@H]1OC(OC(C)=O)[C@H](OC(C)=O)[C@@H](OC(C)=O)[C@@H]1O[C@@H]1O[C@H](COC(C)=O)[C@H](OC(C)=O)C(OC(C)=O)[C@H]1OC(C)=O. The van der Waals surface area contributed by atoms with Gasteiger partial charge in [-0.2, -0.15) is 0 Å². The molecule has 0 bridgehead atoms. The zero-order chi connectivity index (χ0) is 35.6. The van der Waals surface area contributed by atoms with Crippen molar-refractivity contribution in [2.24, 2.45) is 0 Å². The van der Waals surface area contributed by atoms with Gasteiger partial charge < -0.3 is 52.1 Å². The molecule has 2 saturated heterocycles. The molecule has 19 nitrogen and oxygen atoms in total. The number of carbonyl (C=O) groups excluding carboxylic acids is 8. The highest BCUT2D eigenvalue weighted by atomic mass is 16.8. The summed E-state index contributed by atoms with van der Waals surface area (Å²) in [5, 5.41) is 0. The Labute approximate surface area is 268 Å². The van der Waals surface area contributed by atoms with Crippen LogP contribution in [0, 0.1) is 0 Å². The van der Waals surface area contributed by atoms with Crippen molar-refractivity contribution in [1.29, 1.82) is 0 Å². The summed E-state index contributed by atoms with van der Waals surface area (Å²) in [5.74, 6) is -7.02. The molecule has 2 unspecified atom stereocenters. The number of esters is 8. The minimum atomic E-state index is -1.83. The van der Waals surface area contributed by atoms with E-state index in [-0.39, 0.29) is 0 Å². The number of hydrogen-bond donors (Lipinski definition) is 0. The molecule has 19 heteroatoms. The molecule has 0 amide bonds. The molecule has 0 aliphatic carbocycles. The average Bonchev–Trinajstić information content (AvgIpc) is 2.91. The topological polar surface area (TPSA) is 238 Å². The molecule has 2 aliphatic rings. The summed E-state index contributed by atoms with van der Waals surface area (Å²) in [6.07, 6.45) is -16.3. The standard InChI is InChI=1S/C28H38O19/c1-11(29)37-9-19-21(39-13(3)31)23(40-14(4)32)26(43-17(7)35)28(46-19)47-22-20(10-38-12(2)30)45-27(44-18(8)36)25(42-16(6)34)24(22)41-15(5)33/h19-28H,9-10H2,1-8H3/t19-,20-,21+,22-,23?,24+,25-,26-,27?,28+/m1/s1. The zero-order valence-corrected chi connectivity index (χ0v) is 26.9. The second-order valence-corrected chi connectivity index (χ2v) is 10.3. The van der Waals surface area contributed by atoms with Gasteiger partial charge in [0, 0.05) is 55.4 Å². The Bertz CT molecular complexity index is 1200. The molecule has 0 spiro atoms. The van der Waals surface area contributed by atoms with Crippen molar-refractivity contribution in [1.82, 2.24) is 0 Å². The van der Waals surface area contributed by atoms with Gasteiger partial charge in [0.25, 0.3) is 0 Å². The van der Waals surface area contributed by atoms with Gasteiger partial charge in [0.1, 0.15) is 31.5 Å². The van der Waals surface area contributed by atoms with Crippen molar-refractivity contribution in [3.63, 3.8) is 0 Å². The minimum Gasteiger partial charge on any atom is -0.463 e. The third-order valence-corrected chi connectivity index (χ3v) is 6.17. The van der Waals surface area contributed by atoms with E-state index in [0.717, 1.165) is 55.4 Å². The highest BCUT2D eigenvalue weighted by Crippen LogP contribution is 2.35. The highest BCUT2D eigenvalue weighted by molar-refractivity contribution is 5.70. The molecular formula is C28H38O19. The Morgan fingerprint density at radius 1 is 0.383 bits per heavy atom. The lowest BCUT2D eigenvalue weighted by Gasteiger charge is -2.48. The maximum atomic E-state index is 12.3. The van der Waals surface area contributed by atoms with Crippen molar-refractivity contribution in [3.05, 3.63) is 0 Å². The van der Waals surface area contributed by atoms with Crippen LogP contribution in [-0.2, 0) is 90.5 Å². The molecule has 2 aliphatic heterocycles. The Morgan fingerprint density at radius 3 is 1.11 bits per heavy atom. The van der Waals surface area contributed by atoms with Gasteiger partial charge in [0.05, 0.1) is 0 Å². The minimum absolute atomic E-state index is 0.590. The van der Waals surface area contributed by atoms with Gasteiger partial charge >= 0.3 is 47.8 Å². The Morgan fingerprint density at radius 2 is 0.702 bits per heavy atom. The quantitative estimate of drug-likeness (QED) is 0.181. The first-order valence-corrected chi connectivity index (χ1v) is 14.2. The molecule has 0 N–H and O–H groups in total. The van der Waals surface area contributed by atoms with Crippen LogP contribution >= 0.6 is 0 Å². The first-order chi connectivity index (χ1) is 21.9. The predicted molar refractivity (Wildman–Crippen MR) is 145 cm³/mol. The van der Waals surface area contributed by atoms with Gasteiger partial charge in [-0.3, -0.25) is 38.4 Å². The van der Waals surface area contributed by atoms with Crippen molar-refractivity contribution < 1.29 is 90.5 Å². The molecule has 0 aromatic carbocycles. The highest BCUT2D eigenvalue weighted by Gasteiger charge is 2.58. The van der Waals surface area contributed by atoms with E-state index in [0.29, 0.717) is 0 Å². The second-order valence-electron chi connectivity index (χ2n) is 10.3. The van der Waals surface area contributed by atoms with Crippen molar-refractivity contribution in [2.45, 2.75) is 117 Å². The summed E-state index contributed by atoms with van der Waals surface area (Å²) >= 11 is 0. The van der Waals surface area contributed by atoms with Crippen LogP contribution in [0.15, 0.2) is 0 Å². The van der Waals surface area contributed by atoms with Crippen LogP contribution in [0.3, 0.4) is 0 Å². The first-order valence-electron chi connectivity index (χ1n) is 14.2. The maximum absolute atomic E-state index is 12.3. The zero-order valence-electron chi connectivity index (χ0n) is 26.9. The number of carbonyl (C=O) groups is 8. The fourth-order valence-electron chi connectivity index (χ4n) is 4.73. The van der Waals surface area contributed by atoms with Crippen LogP contribution in [0.5, 0.6) is 0 Å². The van der Waals surface area contributed by atoms with E-state index < -0.39 is 122 Å². The van der Waals surface area contributed by atoms with E-state index >= 15 is 0 Å². The van der Waals surface area contributed by atoms with Crippen molar-refractivity contribution in [3.8, 4) is 0 Å². The van der Waals surface area contributed by atoms with Gasteiger partial charge in [0.2, 0.25) is 12.4 Å². The van der Waals surface area contributed by atoms with Gasteiger partial charge in [-0.15, -0.1) is 0 Å². The van der Waals surface area contributed by atoms with Crippen LogP contribution < -0.4 is 0 Å². The Balaban J connectivity index is 2.73. The van der Waals surface area contributed by atoms with Crippen molar-refractivity contribution >= 4 is 47.8 Å². The van der Waals surface area contributed by atoms with E-state index in [4.69, 9.17) is 52.1 Å². The van der Waals surface area contributed by atoms with E-state index in [1.165, 1.54) is 0 Å². The lowest BCUT2D eigenvalue weighted by atomic mass is 9.96. The fraction of sp³-hybridized carbons (Fsp3) is 0.714. The lowest BCUT2D eigenvalue weighted by molar-refractivity contribution is -0.357. The molecule has 47 heavy (non-hydrogen) atoms. The molecule has 2 heterocycles. The molecule has 0 aromatic heterocycles. The van der Waals surface area contributed by atoms with E-state index in [1.54, 1.807) is 0 Å². The van der Waals surface area contributed by atoms with E-state index in [1.807, 2.05) is 0 Å². The van der Waals surface area contributed by atoms with Gasteiger partial charge in [-0.1, -0.05) is 0 Å². The summed E-state index contributed by atoms with van der Waals surface area (Å²) in [6.45, 7) is 7.05. The number of rotatable bonds is 12. The third kappa shape index (κ3) is 12.1. The first kappa shape index (κ1) is 38.8. The third-order valence-electron chi connectivity index (χ3n) is 6.17. The normalized spacial score (nSPS) is 30.0. The maximum Gasteiger partial charge on any atom is 0.305 e. The number of hydrogen-bond acceptors (Lipinski definition) is 19. The van der Waals surface area contributed by atoms with E-state index in [9.17, 15) is 38.4 Å². The Kier molecular flexibility index (Phi) is 14.5. The summed E-state index contributed by atoms with van der Waals surface area (Å²) in [6, 6.07) is 0. The van der Waals surface area contributed by atoms with Gasteiger partial charge in [-0.25, -0.2) is 0 Å². The molecule has 2 fully saturated rings. The molecule has 2 rings (SSSR count). The summed E-state index contributed by atoms with van der Waals surface area (Å²) in [5.41, 5.74) is 0. The molecule has 0 aromatic rings. The van der Waals surface area contributed by atoms with Crippen LogP contribution in [0.4, 0.5) is 0 Å². The summed E-state index contributed by atoms with van der Waals surface area (Å²) in [7, 11) is 0. The molecule has 0 saturated carbocycles. The lowest BCUT2D eigenvalue weighted by Crippen LogP contribution is -2.67.